The van der Waals surface area contributed by atoms with Gasteiger partial charge < -0.3 is 15.5 Å². The summed E-state index contributed by atoms with van der Waals surface area (Å²) >= 11 is 0. The van der Waals surface area contributed by atoms with Crippen molar-refractivity contribution in [2.24, 2.45) is 17.6 Å². The molecule has 0 spiro atoms. The van der Waals surface area contributed by atoms with Gasteiger partial charge in [-0.1, -0.05) is 25.1 Å². The molecule has 6 nitrogen and oxygen atoms in total. The van der Waals surface area contributed by atoms with Crippen molar-refractivity contribution in [3.05, 3.63) is 47.9 Å². The molecule has 7 heteroatoms. The van der Waals surface area contributed by atoms with Crippen molar-refractivity contribution in [1.82, 2.24) is 14.7 Å². The number of hydrogen-bond donors (Lipinski definition) is 1. The molecule has 174 valence electrons. The number of nitrogens with zero attached hydrogens (tertiary/aromatic N) is 4. The minimum absolute atomic E-state index is 0.0421. The molecule has 2 bridgehead atoms. The lowest BCUT2D eigenvalue weighted by atomic mass is 9.76. The zero-order chi connectivity index (χ0) is 22.9. The zero-order valence-corrected chi connectivity index (χ0v) is 18.9. The molecule has 1 amide bonds. The van der Waals surface area contributed by atoms with E-state index in [-0.39, 0.29) is 41.9 Å². The molecule has 5 aliphatic rings. The van der Waals surface area contributed by atoms with Gasteiger partial charge in [0.2, 0.25) is 5.91 Å². The van der Waals surface area contributed by atoms with E-state index < -0.39 is 0 Å². The lowest BCUT2D eigenvalue weighted by Gasteiger charge is -2.45. The van der Waals surface area contributed by atoms with Crippen molar-refractivity contribution < 1.29 is 9.18 Å². The number of nitriles is 1. The van der Waals surface area contributed by atoms with Crippen molar-refractivity contribution in [3.63, 3.8) is 0 Å². The summed E-state index contributed by atoms with van der Waals surface area (Å²) in [6.45, 7) is 5.67. The first-order valence-electron chi connectivity index (χ1n) is 12.4. The average molecular weight is 450 g/mol. The second-order valence-corrected chi connectivity index (χ2v) is 10.7. The van der Waals surface area contributed by atoms with Gasteiger partial charge in [0.05, 0.1) is 24.2 Å². The molecule has 3 saturated heterocycles. The third-order valence-corrected chi connectivity index (χ3v) is 8.87. The number of amides is 1. The van der Waals surface area contributed by atoms with Gasteiger partial charge in [0.15, 0.2) is 0 Å². The first kappa shape index (κ1) is 21.1. The third-order valence-electron chi connectivity index (χ3n) is 8.87. The van der Waals surface area contributed by atoms with Crippen LogP contribution in [0.3, 0.4) is 0 Å². The van der Waals surface area contributed by atoms with Gasteiger partial charge in [-0.05, 0) is 61.6 Å². The number of likely N-dealkylation sites (tertiary alicyclic amines) is 3. The van der Waals surface area contributed by atoms with Gasteiger partial charge in [-0.3, -0.25) is 9.69 Å². The van der Waals surface area contributed by atoms with Gasteiger partial charge in [-0.2, -0.15) is 5.26 Å². The predicted molar refractivity (Wildman–Crippen MR) is 122 cm³/mol. The number of rotatable bonds is 7. The fourth-order valence-electron chi connectivity index (χ4n) is 6.87. The van der Waals surface area contributed by atoms with Crippen LogP contribution in [0.1, 0.15) is 50.1 Å². The Morgan fingerprint density at radius 2 is 2.00 bits per heavy atom. The summed E-state index contributed by atoms with van der Waals surface area (Å²) in [4.78, 5) is 20.0. The summed E-state index contributed by atoms with van der Waals surface area (Å²) in [5.74, 6) is 1.02. The van der Waals surface area contributed by atoms with Crippen LogP contribution in [0.5, 0.6) is 0 Å². The van der Waals surface area contributed by atoms with Crippen LogP contribution < -0.4 is 5.73 Å². The third kappa shape index (κ3) is 3.38. The van der Waals surface area contributed by atoms with E-state index in [1.807, 2.05) is 12.1 Å². The Kier molecular flexibility index (Phi) is 5.00. The molecule has 1 aromatic rings. The molecule has 6 rings (SSSR count). The van der Waals surface area contributed by atoms with Crippen molar-refractivity contribution in [1.29, 1.82) is 5.26 Å². The van der Waals surface area contributed by atoms with Gasteiger partial charge in [-0.15, -0.1) is 0 Å². The molecular weight excluding hydrogens is 417 g/mol. The van der Waals surface area contributed by atoms with E-state index in [0.717, 1.165) is 49.9 Å². The van der Waals surface area contributed by atoms with E-state index >= 15 is 0 Å². The summed E-state index contributed by atoms with van der Waals surface area (Å²) in [5, 5.41) is 9.52. The van der Waals surface area contributed by atoms with Crippen LogP contribution >= 0.6 is 0 Å². The van der Waals surface area contributed by atoms with Gasteiger partial charge in [0.25, 0.3) is 0 Å². The number of piperazine rings is 1. The molecule has 2 saturated carbocycles. The van der Waals surface area contributed by atoms with E-state index in [1.54, 1.807) is 0 Å². The van der Waals surface area contributed by atoms with E-state index in [2.05, 4.69) is 27.3 Å². The average Bonchev–Trinajstić information content (AvgIpc) is 3.11. The van der Waals surface area contributed by atoms with Gasteiger partial charge in [0.1, 0.15) is 11.9 Å². The number of halogens is 1. The number of benzene rings is 1. The Bertz CT molecular complexity index is 1000. The summed E-state index contributed by atoms with van der Waals surface area (Å²) in [6, 6.07) is 9.23. The number of carbonyl (C=O) groups excluding carboxylic acids is 1. The lowest BCUT2D eigenvalue weighted by molar-refractivity contribution is -0.141. The van der Waals surface area contributed by atoms with E-state index in [1.165, 1.54) is 18.6 Å². The molecular formula is C26H32FN5O. The monoisotopic (exact) mass is 449 g/mol. The lowest BCUT2D eigenvalue weighted by Crippen LogP contribution is -2.56. The Morgan fingerprint density at radius 3 is 2.64 bits per heavy atom. The first-order chi connectivity index (χ1) is 16.0. The number of carbonyl (C=O) groups is 1. The van der Waals surface area contributed by atoms with Crippen molar-refractivity contribution in [2.75, 3.05) is 13.1 Å². The highest BCUT2D eigenvalue weighted by atomic mass is 19.1. The van der Waals surface area contributed by atoms with Crippen LogP contribution in [-0.4, -0.2) is 63.9 Å². The molecule has 1 aromatic carbocycles. The first-order valence-corrected chi connectivity index (χ1v) is 12.4. The molecule has 2 N–H and O–H groups in total. The van der Waals surface area contributed by atoms with Crippen LogP contribution in [-0.2, 0) is 4.79 Å². The summed E-state index contributed by atoms with van der Waals surface area (Å²) in [6.07, 6.45) is 6.32. The highest BCUT2D eigenvalue weighted by Crippen LogP contribution is 2.50. The van der Waals surface area contributed by atoms with Gasteiger partial charge >= 0.3 is 0 Å². The number of nitrogens with two attached hydrogens (primary N) is 1. The fourth-order valence-corrected chi connectivity index (χ4v) is 6.87. The Balaban J connectivity index is 1.15. The van der Waals surface area contributed by atoms with E-state index in [9.17, 15) is 14.4 Å². The van der Waals surface area contributed by atoms with Crippen LogP contribution in [0.15, 0.2) is 36.5 Å². The highest BCUT2D eigenvalue weighted by Gasteiger charge is 2.55. The molecule has 3 aliphatic heterocycles. The van der Waals surface area contributed by atoms with Crippen LogP contribution in [0.2, 0.25) is 0 Å². The number of fused-ring (bicyclic) bond motifs is 3. The van der Waals surface area contributed by atoms with E-state index in [4.69, 9.17) is 5.73 Å². The molecule has 6 unspecified atom stereocenters. The van der Waals surface area contributed by atoms with Crippen molar-refractivity contribution >= 4 is 5.91 Å². The molecule has 0 aromatic heterocycles. The number of hydrogen-bond acceptors (Lipinski definition) is 5. The number of piperidine rings is 1. The largest absolute Gasteiger partial charge is 0.355 e. The maximum absolute atomic E-state index is 13.6. The van der Waals surface area contributed by atoms with Crippen molar-refractivity contribution in [3.8, 4) is 6.07 Å². The summed E-state index contributed by atoms with van der Waals surface area (Å²) < 4.78 is 13.5. The summed E-state index contributed by atoms with van der Waals surface area (Å²) in [7, 11) is 0. The molecule has 3 heterocycles. The Morgan fingerprint density at radius 1 is 1.24 bits per heavy atom. The smallest absolute Gasteiger partial charge is 0.240 e. The maximum atomic E-state index is 13.6. The van der Waals surface area contributed by atoms with Gasteiger partial charge in [0, 0.05) is 30.9 Å². The van der Waals surface area contributed by atoms with E-state index in [0.29, 0.717) is 24.4 Å². The SMILES string of the molecule is C=C(C(N)CN1C[C@@H]2CC1C(=O)N2C(c1ccc(F)cc1)C1CCC1)N1C(C#N)CC2CC21. The minimum atomic E-state index is -0.277. The second-order valence-electron chi connectivity index (χ2n) is 10.7. The zero-order valence-electron chi connectivity index (χ0n) is 18.9. The van der Waals surface area contributed by atoms with Crippen LogP contribution in [0, 0.1) is 29.0 Å². The molecule has 7 atom stereocenters. The fraction of sp³-hybridized carbons (Fsp3) is 0.615. The topological polar surface area (TPSA) is 76.6 Å². The van der Waals surface area contributed by atoms with Crippen molar-refractivity contribution in [2.45, 2.75) is 74.8 Å². The quantitative estimate of drug-likeness (QED) is 0.693. The predicted octanol–water partition coefficient (Wildman–Crippen LogP) is 2.78. The Hall–Kier alpha value is -2.43. The molecule has 2 aliphatic carbocycles. The second kappa shape index (κ2) is 7.82. The highest BCUT2D eigenvalue weighted by molar-refractivity contribution is 5.86. The van der Waals surface area contributed by atoms with Gasteiger partial charge in [-0.25, -0.2) is 4.39 Å². The molecule has 0 radical (unpaired) electrons. The Labute approximate surface area is 194 Å². The summed E-state index contributed by atoms with van der Waals surface area (Å²) in [5.41, 5.74) is 8.47. The minimum Gasteiger partial charge on any atom is -0.355 e. The molecule has 33 heavy (non-hydrogen) atoms. The van der Waals surface area contributed by atoms with Crippen LogP contribution in [0.4, 0.5) is 4.39 Å². The maximum Gasteiger partial charge on any atom is 0.240 e. The van der Waals surface area contributed by atoms with Crippen LogP contribution in [0.25, 0.3) is 0 Å². The standard InChI is InChI=1S/C26H32FN5O/c1-15(31-20(12-28)9-18-10-23(18)31)22(29)14-30-13-21-11-24(30)26(33)32(21)25(16-3-2-4-16)17-5-7-19(27)8-6-17/h5-8,16,18,20-25H,1-4,9-11,13-14,29H2/t18?,20?,21-,22?,23?,24?,25?/m0/s1. The molecule has 5 fully saturated rings. The normalized spacial score (nSPS) is 34.7.